The zero-order chi connectivity index (χ0) is 17.9. The average Bonchev–Trinajstić information content (AvgIpc) is 2.69. The lowest BCUT2D eigenvalue weighted by molar-refractivity contribution is 0.102. The van der Waals surface area contributed by atoms with Crippen LogP contribution < -0.4 is 10.2 Å². The second-order valence-electron chi connectivity index (χ2n) is 6.28. The van der Waals surface area contributed by atoms with Crippen LogP contribution >= 0.6 is 0 Å². The number of rotatable bonds is 3. The highest BCUT2D eigenvalue weighted by atomic mass is 19.1. The minimum absolute atomic E-state index is 0.267. The molecule has 1 N–H and O–H groups in total. The van der Waals surface area contributed by atoms with Crippen LogP contribution in [0.25, 0.3) is 0 Å². The smallest absolute Gasteiger partial charge is 0.257 e. The van der Waals surface area contributed by atoms with Crippen molar-refractivity contribution in [2.24, 2.45) is 0 Å². The molecule has 26 heavy (non-hydrogen) atoms. The second kappa shape index (κ2) is 6.96. The van der Waals surface area contributed by atoms with Crippen molar-refractivity contribution in [1.82, 2.24) is 4.98 Å². The Labute approximate surface area is 151 Å². The number of benzene rings is 2. The van der Waals surface area contributed by atoms with Crippen molar-refractivity contribution < 1.29 is 9.18 Å². The second-order valence-corrected chi connectivity index (χ2v) is 6.28. The van der Waals surface area contributed by atoms with E-state index in [1.165, 1.54) is 36.0 Å². The molecule has 1 aliphatic rings. The topological polar surface area (TPSA) is 45.2 Å². The van der Waals surface area contributed by atoms with Crippen molar-refractivity contribution in [3.8, 4) is 0 Å². The molecule has 4 nitrogen and oxygen atoms in total. The summed E-state index contributed by atoms with van der Waals surface area (Å²) in [7, 11) is 0. The van der Waals surface area contributed by atoms with Crippen LogP contribution in [0, 0.1) is 5.82 Å². The van der Waals surface area contributed by atoms with E-state index in [0.29, 0.717) is 11.3 Å². The zero-order valence-electron chi connectivity index (χ0n) is 14.2. The molecule has 130 valence electrons. The van der Waals surface area contributed by atoms with Gasteiger partial charge in [0, 0.05) is 24.1 Å². The molecule has 0 bridgehead atoms. The van der Waals surface area contributed by atoms with Crippen molar-refractivity contribution in [3.05, 3.63) is 83.9 Å². The average molecular weight is 347 g/mol. The molecule has 1 amide bonds. The summed E-state index contributed by atoms with van der Waals surface area (Å²) in [4.78, 5) is 19.0. The third-order valence-electron chi connectivity index (χ3n) is 4.51. The Morgan fingerprint density at radius 3 is 2.73 bits per heavy atom. The van der Waals surface area contributed by atoms with Crippen LogP contribution in [0.1, 0.15) is 22.3 Å². The maximum atomic E-state index is 13.0. The Bertz CT molecular complexity index is 940. The Kier molecular flexibility index (Phi) is 4.35. The number of nitrogens with zero attached hydrogens (tertiary/aromatic N) is 2. The van der Waals surface area contributed by atoms with Crippen LogP contribution in [0.5, 0.6) is 0 Å². The van der Waals surface area contributed by atoms with Crippen molar-refractivity contribution >= 4 is 23.0 Å². The summed E-state index contributed by atoms with van der Waals surface area (Å²) in [6.45, 7) is 0.891. The van der Waals surface area contributed by atoms with Crippen LogP contribution in [0.2, 0.25) is 0 Å². The maximum absolute atomic E-state index is 13.0. The van der Waals surface area contributed by atoms with Crippen LogP contribution in [0.4, 0.5) is 21.5 Å². The summed E-state index contributed by atoms with van der Waals surface area (Å²) in [6, 6.07) is 15.8. The highest BCUT2D eigenvalue weighted by Crippen LogP contribution is 2.33. The quantitative estimate of drug-likeness (QED) is 0.755. The molecule has 0 fully saturated rings. The SMILES string of the molecule is O=C(Nc1ccc(F)cc1)c1cncc(N2CCCc3ccccc32)c1. The summed E-state index contributed by atoms with van der Waals surface area (Å²) >= 11 is 0. The lowest BCUT2D eigenvalue weighted by atomic mass is 10.0. The van der Waals surface area contributed by atoms with Crippen molar-refractivity contribution in [1.29, 1.82) is 0 Å². The summed E-state index contributed by atoms with van der Waals surface area (Å²) in [5, 5.41) is 2.77. The minimum atomic E-state index is -0.338. The van der Waals surface area contributed by atoms with E-state index >= 15 is 0 Å². The van der Waals surface area contributed by atoms with E-state index in [2.05, 4.69) is 27.3 Å². The molecule has 1 aliphatic heterocycles. The van der Waals surface area contributed by atoms with Gasteiger partial charge in [-0.2, -0.15) is 0 Å². The number of fused-ring (bicyclic) bond motifs is 1. The lowest BCUT2D eigenvalue weighted by Crippen LogP contribution is -2.25. The van der Waals surface area contributed by atoms with Crippen molar-refractivity contribution in [2.75, 3.05) is 16.8 Å². The van der Waals surface area contributed by atoms with Gasteiger partial charge in [-0.05, 0) is 54.8 Å². The summed E-state index contributed by atoms with van der Waals surface area (Å²) in [6.07, 6.45) is 5.43. The molecule has 1 aromatic heterocycles. The standard InChI is InChI=1S/C21H18FN3O/c22-17-7-9-18(10-8-17)24-21(26)16-12-19(14-23-13-16)25-11-3-5-15-4-1-2-6-20(15)25/h1-2,4,6-10,12-14H,3,5,11H2,(H,24,26). The first-order chi connectivity index (χ1) is 12.7. The van der Waals surface area contributed by atoms with Gasteiger partial charge in [-0.1, -0.05) is 18.2 Å². The number of para-hydroxylation sites is 1. The predicted octanol–water partition coefficient (Wildman–Crippen LogP) is 4.56. The monoisotopic (exact) mass is 347 g/mol. The van der Waals surface area contributed by atoms with Crippen LogP contribution in [-0.4, -0.2) is 17.4 Å². The molecule has 0 aliphatic carbocycles. The number of nitrogens with one attached hydrogen (secondary N) is 1. The third kappa shape index (κ3) is 3.28. The summed E-state index contributed by atoms with van der Waals surface area (Å²) in [5.41, 5.74) is 4.38. The Morgan fingerprint density at radius 2 is 1.88 bits per heavy atom. The van der Waals surface area contributed by atoms with E-state index in [1.807, 2.05) is 18.2 Å². The van der Waals surface area contributed by atoms with Gasteiger partial charge in [-0.3, -0.25) is 9.78 Å². The van der Waals surface area contributed by atoms with Crippen molar-refractivity contribution in [2.45, 2.75) is 12.8 Å². The van der Waals surface area contributed by atoms with Crippen LogP contribution in [0.15, 0.2) is 67.0 Å². The Balaban J connectivity index is 1.59. The van der Waals surface area contributed by atoms with Gasteiger partial charge in [-0.15, -0.1) is 0 Å². The first kappa shape index (κ1) is 16.3. The largest absolute Gasteiger partial charge is 0.340 e. The molecule has 0 saturated carbocycles. The van der Waals surface area contributed by atoms with Gasteiger partial charge in [0.2, 0.25) is 0 Å². The highest BCUT2D eigenvalue weighted by Gasteiger charge is 2.19. The molecule has 5 heteroatoms. The molecule has 0 saturated heterocycles. The van der Waals surface area contributed by atoms with Gasteiger partial charge in [0.05, 0.1) is 17.4 Å². The van der Waals surface area contributed by atoms with E-state index in [9.17, 15) is 9.18 Å². The molecule has 0 radical (unpaired) electrons. The highest BCUT2D eigenvalue weighted by molar-refractivity contribution is 6.04. The number of pyridine rings is 1. The number of carbonyl (C=O) groups is 1. The van der Waals surface area contributed by atoms with Crippen molar-refractivity contribution in [3.63, 3.8) is 0 Å². The number of anilines is 3. The van der Waals surface area contributed by atoms with Gasteiger partial charge >= 0.3 is 0 Å². The van der Waals surface area contributed by atoms with Gasteiger partial charge in [0.15, 0.2) is 0 Å². The number of hydrogen-bond donors (Lipinski definition) is 1. The number of aromatic nitrogens is 1. The maximum Gasteiger partial charge on any atom is 0.257 e. The fourth-order valence-electron chi connectivity index (χ4n) is 3.24. The fraction of sp³-hybridized carbons (Fsp3) is 0.143. The number of carbonyl (C=O) groups excluding carboxylic acids is 1. The van der Waals surface area contributed by atoms with Crippen LogP contribution in [-0.2, 0) is 6.42 Å². The first-order valence-electron chi connectivity index (χ1n) is 8.58. The Hall–Kier alpha value is -3.21. The van der Waals surface area contributed by atoms with Gasteiger partial charge in [-0.25, -0.2) is 4.39 Å². The molecule has 3 aromatic rings. The fourth-order valence-corrected chi connectivity index (χ4v) is 3.24. The lowest BCUT2D eigenvalue weighted by Gasteiger charge is -2.31. The molecule has 0 unspecified atom stereocenters. The number of amides is 1. The first-order valence-corrected chi connectivity index (χ1v) is 8.58. The third-order valence-corrected chi connectivity index (χ3v) is 4.51. The number of aryl methyl sites for hydroxylation is 1. The Morgan fingerprint density at radius 1 is 1.08 bits per heavy atom. The molecular formula is C21H18FN3O. The normalized spacial score (nSPS) is 13.2. The summed E-state index contributed by atoms with van der Waals surface area (Å²) in [5.74, 6) is -0.605. The predicted molar refractivity (Wildman–Crippen MR) is 100 cm³/mol. The zero-order valence-corrected chi connectivity index (χ0v) is 14.2. The van der Waals surface area contributed by atoms with Gasteiger partial charge < -0.3 is 10.2 Å². The van der Waals surface area contributed by atoms with E-state index in [-0.39, 0.29) is 11.7 Å². The van der Waals surface area contributed by atoms with E-state index < -0.39 is 0 Å². The van der Waals surface area contributed by atoms with Gasteiger partial charge in [0.1, 0.15) is 5.82 Å². The molecule has 2 aromatic carbocycles. The molecule has 0 spiro atoms. The van der Waals surface area contributed by atoms with E-state index in [0.717, 1.165) is 30.8 Å². The number of hydrogen-bond acceptors (Lipinski definition) is 3. The molecule has 4 rings (SSSR count). The van der Waals surface area contributed by atoms with Crippen LogP contribution in [0.3, 0.4) is 0 Å². The molecule has 0 atom stereocenters. The van der Waals surface area contributed by atoms with E-state index in [1.54, 1.807) is 6.20 Å². The molecular weight excluding hydrogens is 329 g/mol. The molecule has 2 heterocycles. The van der Waals surface area contributed by atoms with Gasteiger partial charge in [0.25, 0.3) is 5.91 Å². The number of halogens is 1. The summed E-state index contributed by atoms with van der Waals surface area (Å²) < 4.78 is 13.0. The minimum Gasteiger partial charge on any atom is -0.340 e. The van der Waals surface area contributed by atoms with E-state index in [4.69, 9.17) is 0 Å².